The number of carbonyl (C=O) groups excluding carboxylic acids is 2. The Balaban J connectivity index is 1.30. The van der Waals surface area contributed by atoms with E-state index in [1.54, 1.807) is 0 Å². The lowest BCUT2D eigenvalue weighted by atomic mass is 9.98. The van der Waals surface area contributed by atoms with Crippen molar-refractivity contribution in [1.29, 1.82) is 0 Å². The molecule has 9 nitrogen and oxygen atoms in total. The van der Waals surface area contributed by atoms with Gasteiger partial charge in [-0.05, 0) is 22.3 Å². The van der Waals surface area contributed by atoms with Crippen LogP contribution in [0, 0.1) is 5.92 Å². The lowest BCUT2D eigenvalue weighted by molar-refractivity contribution is -0.141. The Morgan fingerprint density at radius 3 is 2.36 bits per heavy atom. The molecule has 1 aliphatic carbocycles. The number of aromatic nitrogens is 2. The molecule has 0 bridgehead atoms. The van der Waals surface area contributed by atoms with Crippen LogP contribution in [0.3, 0.4) is 0 Å². The van der Waals surface area contributed by atoms with Gasteiger partial charge >= 0.3 is 12.1 Å². The van der Waals surface area contributed by atoms with Crippen molar-refractivity contribution in [2.75, 3.05) is 18.5 Å². The van der Waals surface area contributed by atoms with E-state index in [-0.39, 0.29) is 31.5 Å². The van der Waals surface area contributed by atoms with Gasteiger partial charge in [-0.2, -0.15) is 5.10 Å². The minimum Gasteiger partial charge on any atom is -0.481 e. The topological polar surface area (TPSA) is 123 Å². The molecule has 0 saturated heterocycles. The molecule has 9 heteroatoms. The molecule has 1 aliphatic rings. The first kappa shape index (κ1) is 22.1. The van der Waals surface area contributed by atoms with Gasteiger partial charge in [-0.1, -0.05) is 55.5 Å². The molecule has 2 aromatic carbocycles. The lowest BCUT2D eigenvalue weighted by Gasteiger charge is -2.14. The molecular weight excluding hydrogens is 424 g/mol. The molecular formula is C24H24N4O5. The zero-order chi connectivity index (χ0) is 23.4. The molecule has 0 radical (unpaired) electrons. The summed E-state index contributed by atoms with van der Waals surface area (Å²) in [5.74, 6) is -2.08. The van der Waals surface area contributed by atoms with E-state index in [0.717, 1.165) is 22.3 Å². The van der Waals surface area contributed by atoms with Gasteiger partial charge in [0.05, 0.1) is 17.8 Å². The molecule has 3 aromatic rings. The van der Waals surface area contributed by atoms with Gasteiger partial charge in [0.2, 0.25) is 5.91 Å². The summed E-state index contributed by atoms with van der Waals surface area (Å²) in [6, 6.07) is 16.2. The minimum absolute atomic E-state index is 0.0281. The van der Waals surface area contributed by atoms with Crippen molar-refractivity contribution in [1.82, 2.24) is 15.1 Å². The number of carboxylic acid groups (broad SMARTS) is 1. The van der Waals surface area contributed by atoms with Crippen LogP contribution in [-0.2, 0) is 20.9 Å². The number of fused-ring (bicyclic) bond motifs is 3. The minimum atomic E-state index is -0.982. The van der Waals surface area contributed by atoms with E-state index in [1.165, 1.54) is 24.0 Å². The van der Waals surface area contributed by atoms with E-state index in [9.17, 15) is 14.4 Å². The molecule has 1 heterocycles. The second kappa shape index (κ2) is 9.56. The maximum Gasteiger partial charge on any atom is 0.411 e. The highest BCUT2D eigenvalue weighted by Gasteiger charge is 2.29. The molecule has 1 unspecified atom stereocenters. The Hall–Kier alpha value is -4.14. The van der Waals surface area contributed by atoms with Crippen LogP contribution in [-0.4, -0.2) is 46.0 Å². The molecule has 0 saturated carbocycles. The van der Waals surface area contributed by atoms with Gasteiger partial charge < -0.3 is 15.2 Å². The highest BCUT2D eigenvalue weighted by atomic mass is 16.5. The molecule has 170 valence electrons. The molecule has 0 aliphatic heterocycles. The van der Waals surface area contributed by atoms with Gasteiger partial charge in [0, 0.05) is 18.7 Å². The highest BCUT2D eigenvalue weighted by molar-refractivity contribution is 5.85. The van der Waals surface area contributed by atoms with Crippen LogP contribution >= 0.6 is 0 Å². The zero-order valence-corrected chi connectivity index (χ0v) is 18.0. The number of rotatable bonds is 8. The van der Waals surface area contributed by atoms with Crippen LogP contribution in [0.25, 0.3) is 11.1 Å². The van der Waals surface area contributed by atoms with E-state index >= 15 is 0 Å². The van der Waals surface area contributed by atoms with E-state index < -0.39 is 18.0 Å². The Bertz CT molecular complexity index is 1140. The Morgan fingerprint density at radius 1 is 1.09 bits per heavy atom. The average molecular weight is 448 g/mol. The quantitative estimate of drug-likeness (QED) is 0.487. The monoisotopic (exact) mass is 448 g/mol. The maximum absolute atomic E-state index is 12.4. The fraction of sp³-hybridized carbons (Fsp3) is 0.250. The van der Waals surface area contributed by atoms with Gasteiger partial charge in [0.25, 0.3) is 0 Å². The first-order valence-corrected chi connectivity index (χ1v) is 10.6. The van der Waals surface area contributed by atoms with Crippen LogP contribution < -0.4 is 10.6 Å². The van der Waals surface area contributed by atoms with Gasteiger partial charge in [-0.3, -0.25) is 19.6 Å². The predicted octanol–water partition coefficient (Wildman–Crippen LogP) is 3.08. The summed E-state index contributed by atoms with van der Waals surface area (Å²) in [4.78, 5) is 35.1. The number of amides is 2. The number of ether oxygens (including phenoxy) is 1. The van der Waals surface area contributed by atoms with Crippen LogP contribution in [0.2, 0.25) is 0 Å². The van der Waals surface area contributed by atoms with E-state index in [2.05, 4.69) is 27.9 Å². The summed E-state index contributed by atoms with van der Waals surface area (Å²) >= 11 is 0. The summed E-state index contributed by atoms with van der Waals surface area (Å²) in [5.41, 5.74) is 4.95. The standard InChI is InChI=1S/C24H24N4O5/c1-15(23(30)31)10-25-22(29)13-28-12-16(11-26-28)27-24(32)33-14-21-19-8-4-2-6-17(19)18-7-3-5-9-20(18)21/h2-9,11-12,15,21H,10,13-14H2,1H3,(H,25,29)(H,27,32)(H,30,31). The van der Waals surface area contributed by atoms with Crippen LogP contribution in [0.1, 0.15) is 24.0 Å². The fourth-order valence-electron chi connectivity index (χ4n) is 3.82. The lowest BCUT2D eigenvalue weighted by Crippen LogP contribution is -2.33. The number of anilines is 1. The maximum atomic E-state index is 12.4. The third-order valence-electron chi connectivity index (χ3n) is 5.56. The second-order valence-electron chi connectivity index (χ2n) is 7.92. The number of aliphatic carboxylic acids is 1. The Morgan fingerprint density at radius 2 is 1.73 bits per heavy atom. The fourth-order valence-corrected chi connectivity index (χ4v) is 3.82. The number of benzene rings is 2. The molecule has 1 aromatic heterocycles. The summed E-state index contributed by atoms with van der Waals surface area (Å²) in [5, 5.41) is 18.1. The summed E-state index contributed by atoms with van der Waals surface area (Å²) in [7, 11) is 0. The number of carbonyl (C=O) groups is 3. The van der Waals surface area contributed by atoms with E-state index in [4.69, 9.17) is 9.84 Å². The average Bonchev–Trinajstić information content (AvgIpc) is 3.37. The third kappa shape index (κ3) is 5.03. The zero-order valence-electron chi connectivity index (χ0n) is 18.0. The van der Waals surface area contributed by atoms with Crippen LogP contribution in [0.15, 0.2) is 60.9 Å². The van der Waals surface area contributed by atoms with Crippen molar-refractivity contribution >= 4 is 23.7 Å². The molecule has 4 rings (SSSR count). The largest absolute Gasteiger partial charge is 0.481 e. The molecule has 0 fully saturated rings. The second-order valence-corrected chi connectivity index (χ2v) is 7.92. The number of nitrogens with zero attached hydrogens (tertiary/aromatic N) is 2. The van der Waals surface area contributed by atoms with Gasteiger partial charge in [-0.25, -0.2) is 4.79 Å². The Kier molecular flexibility index (Phi) is 6.39. The highest BCUT2D eigenvalue weighted by Crippen LogP contribution is 2.44. The number of carboxylic acids is 1. The summed E-state index contributed by atoms with van der Waals surface area (Å²) < 4.78 is 6.85. The van der Waals surface area contributed by atoms with Crippen molar-refractivity contribution in [2.45, 2.75) is 19.4 Å². The van der Waals surface area contributed by atoms with Crippen LogP contribution in [0.5, 0.6) is 0 Å². The molecule has 3 N–H and O–H groups in total. The summed E-state index contributed by atoms with van der Waals surface area (Å²) in [6.45, 7) is 1.63. The van der Waals surface area contributed by atoms with Gasteiger partial charge in [0.1, 0.15) is 13.2 Å². The van der Waals surface area contributed by atoms with E-state index in [1.807, 2.05) is 36.4 Å². The molecule has 2 amide bonds. The number of hydrogen-bond acceptors (Lipinski definition) is 5. The van der Waals surface area contributed by atoms with Crippen molar-refractivity contribution < 1.29 is 24.2 Å². The first-order valence-electron chi connectivity index (χ1n) is 10.6. The smallest absolute Gasteiger partial charge is 0.411 e. The van der Waals surface area contributed by atoms with Gasteiger partial charge in [-0.15, -0.1) is 0 Å². The molecule has 1 atom stereocenters. The normalized spacial score (nSPS) is 13.0. The molecule has 33 heavy (non-hydrogen) atoms. The number of hydrogen-bond donors (Lipinski definition) is 3. The van der Waals surface area contributed by atoms with Crippen molar-refractivity contribution in [3.63, 3.8) is 0 Å². The van der Waals surface area contributed by atoms with Crippen molar-refractivity contribution in [3.05, 3.63) is 72.1 Å². The third-order valence-corrected chi connectivity index (χ3v) is 5.56. The first-order chi connectivity index (χ1) is 15.9. The van der Waals surface area contributed by atoms with Crippen molar-refractivity contribution in [3.8, 4) is 11.1 Å². The molecule has 0 spiro atoms. The van der Waals surface area contributed by atoms with Crippen LogP contribution in [0.4, 0.5) is 10.5 Å². The Labute approximate surface area is 190 Å². The predicted molar refractivity (Wildman–Crippen MR) is 121 cm³/mol. The number of nitrogens with one attached hydrogen (secondary N) is 2. The van der Waals surface area contributed by atoms with Gasteiger partial charge in [0.15, 0.2) is 0 Å². The van der Waals surface area contributed by atoms with E-state index in [0.29, 0.717) is 5.69 Å². The SMILES string of the molecule is CC(CNC(=O)Cn1cc(NC(=O)OCC2c3ccccc3-c3ccccc32)cn1)C(=O)O. The summed E-state index contributed by atoms with van der Waals surface area (Å²) in [6.07, 6.45) is 2.30. The van der Waals surface area contributed by atoms with Crippen molar-refractivity contribution in [2.24, 2.45) is 5.92 Å².